The Labute approximate surface area is 119 Å². The van der Waals surface area contributed by atoms with E-state index >= 15 is 0 Å². The molecule has 0 aromatic carbocycles. The van der Waals surface area contributed by atoms with Gasteiger partial charge in [-0.15, -0.1) is 11.3 Å². The number of hydrogen-bond acceptors (Lipinski definition) is 2. The molecule has 2 aromatic rings. The molecule has 0 nitrogen and oxygen atoms in total. The average Bonchev–Trinajstić information content (AvgIpc) is 2.84. The molecule has 2 rings (SSSR count). The zero-order valence-corrected chi connectivity index (χ0v) is 13.8. The van der Waals surface area contributed by atoms with Crippen LogP contribution in [-0.4, -0.2) is 0 Å². The van der Waals surface area contributed by atoms with Crippen LogP contribution in [0.5, 0.6) is 0 Å². The number of rotatable bonds is 1. The van der Waals surface area contributed by atoms with Gasteiger partial charge in [0.15, 0.2) is 0 Å². The third kappa shape index (κ3) is 2.70. The summed E-state index contributed by atoms with van der Waals surface area (Å²) < 4.78 is 0. The molecular formula is C16H22S2. The van der Waals surface area contributed by atoms with Crippen molar-refractivity contribution < 1.29 is 0 Å². The first-order valence-corrected chi connectivity index (χ1v) is 8.18. The Hall–Kier alpha value is -0.600. The molecule has 0 bridgehead atoms. The second-order valence-corrected chi connectivity index (χ2v) is 8.55. The largest absolute Gasteiger partial charge is 0.151 e. The molecule has 0 aliphatic carbocycles. The molecule has 0 saturated heterocycles. The lowest BCUT2D eigenvalue weighted by Crippen LogP contribution is -2.11. The highest BCUT2D eigenvalue weighted by atomic mass is 32.1. The van der Waals surface area contributed by atoms with E-state index in [0.29, 0.717) is 0 Å². The van der Waals surface area contributed by atoms with Crippen molar-refractivity contribution in [3.05, 3.63) is 33.3 Å². The summed E-state index contributed by atoms with van der Waals surface area (Å²) in [7, 11) is 0. The molecule has 0 saturated carbocycles. The van der Waals surface area contributed by atoms with Gasteiger partial charge in [0.2, 0.25) is 0 Å². The van der Waals surface area contributed by atoms with E-state index in [-0.39, 0.29) is 10.8 Å². The molecule has 0 amide bonds. The van der Waals surface area contributed by atoms with Gasteiger partial charge in [0.1, 0.15) is 0 Å². The monoisotopic (exact) mass is 278 g/mol. The van der Waals surface area contributed by atoms with Crippen LogP contribution in [0, 0.1) is 0 Å². The van der Waals surface area contributed by atoms with E-state index in [1.54, 1.807) is 0 Å². The molecular weight excluding hydrogens is 256 g/mol. The highest BCUT2D eigenvalue weighted by Crippen LogP contribution is 2.40. The van der Waals surface area contributed by atoms with E-state index in [2.05, 4.69) is 63.7 Å². The summed E-state index contributed by atoms with van der Waals surface area (Å²) >= 11 is 3.68. The summed E-state index contributed by atoms with van der Waals surface area (Å²) in [5.41, 5.74) is 4.80. The minimum absolute atomic E-state index is 0.223. The fourth-order valence-corrected chi connectivity index (χ4v) is 4.26. The van der Waals surface area contributed by atoms with Gasteiger partial charge < -0.3 is 0 Å². The van der Waals surface area contributed by atoms with Crippen molar-refractivity contribution in [1.29, 1.82) is 0 Å². The second kappa shape index (κ2) is 4.50. The summed E-state index contributed by atoms with van der Waals surface area (Å²) in [6.45, 7) is 13.7. The Morgan fingerprint density at radius 1 is 0.833 bits per heavy atom. The fraction of sp³-hybridized carbons (Fsp3) is 0.500. The molecule has 98 valence electrons. The zero-order valence-electron chi connectivity index (χ0n) is 12.1. The van der Waals surface area contributed by atoms with E-state index < -0.39 is 0 Å². The first-order chi connectivity index (χ1) is 8.19. The van der Waals surface area contributed by atoms with Crippen molar-refractivity contribution >= 4 is 22.7 Å². The Morgan fingerprint density at radius 2 is 1.50 bits per heavy atom. The van der Waals surface area contributed by atoms with Gasteiger partial charge in [-0.1, -0.05) is 41.5 Å². The average molecular weight is 278 g/mol. The Balaban J connectivity index is 2.45. The van der Waals surface area contributed by atoms with Gasteiger partial charge in [-0.25, -0.2) is 0 Å². The quantitative estimate of drug-likeness (QED) is 0.593. The highest BCUT2D eigenvalue weighted by molar-refractivity contribution is 7.14. The maximum absolute atomic E-state index is 2.36. The van der Waals surface area contributed by atoms with Crippen LogP contribution >= 0.6 is 22.7 Å². The lowest BCUT2D eigenvalue weighted by atomic mass is 9.85. The van der Waals surface area contributed by atoms with Crippen LogP contribution in [0.1, 0.15) is 52.7 Å². The molecule has 0 aliphatic rings. The van der Waals surface area contributed by atoms with Crippen LogP contribution < -0.4 is 0 Å². The minimum Gasteiger partial charge on any atom is -0.151 e. The number of hydrogen-bond donors (Lipinski definition) is 0. The van der Waals surface area contributed by atoms with Crippen LogP contribution in [-0.2, 0) is 10.8 Å². The van der Waals surface area contributed by atoms with E-state index in [1.165, 1.54) is 21.6 Å². The first-order valence-electron chi connectivity index (χ1n) is 6.35. The Kier molecular flexibility index (Phi) is 3.46. The minimum atomic E-state index is 0.223. The van der Waals surface area contributed by atoms with Gasteiger partial charge >= 0.3 is 0 Å². The molecule has 0 unspecified atom stereocenters. The van der Waals surface area contributed by atoms with Crippen molar-refractivity contribution in [2.45, 2.75) is 52.4 Å². The molecule has 18 heavy (non-hydrogen) atoms. The lowest BCUT2D eigenvalue weighted by molar-refractivity contribution is 0.592. The smallest absolute Gasteiger partial charge is 0.0357 e. The molecule has 0 radical (unpaired) electrons. The third-order valence-corrected chi connectivity index (χ3v) is 4.91. The van der Waals surface area contributed by atoms with Gasteiger partial charge in [-0.3, -0.25) is 0 Å². The molecule has 0 aliphatic heterocycles. The van der Waals surface area contributed by atoms with E-state index in [4.69, 9.17) is 0 Å². The summed E-state index contributed by atoms with van der Waals surface area (Å²) in [6.07, 6.45) is 0. The van der Waals surface area contributed by atoms with Crippen LogP contribution in [0.25, 0.3) is 10.4 Å². The van der Waals surface area contributed by atoms with Gasteiger partial charge in [0.05, 0.1) is 0 Å². The van der Waals surface area contributed by atoms with Crippen molar-refractivity contribution in [3.8, 4) is 10.4 Å². The van der Waals surface area contributed by atoms with Crippen LogP contribution in [0.2, 0.25) is 0 Å². The van der Waals surface area contributed by atoms with Crippen molar-refractivity contribution in [2.75, 3.05) is 0 Å². The van der Waals surface area contributed by atoms with E-state index in [1.807, 2.05) is 22.7 Å². The molecule has 0 atom stereocenters. The zero-order chi connectivity index (χ0) is 13.6. The normalized spacial score (nSPS) is 13.0. The van der Waals surface area contributed by atoms with Crippen LogP contribution in [0.3, 0.4) is 0 Å². The van der Waals surface area contributed by atoms with Gasteiger partial charge in [0, 0.05) is 10.4 Å². The summed E-state index contributed by atoms with van der Waals surface area (Å²) in [5.74, 6) is 0. The van der Waals surface area contributed by atoms with Gasteiger partial charge in [-0.05, 0) is 44.2 Å². The molecule has 0 spiro atoms. The maximum Gasteiger partial charge on any atom is 0.0357 e. The number of thiophene rings is 2. The standard InChI is InChI=1S/C16H22S2/c1-15(2,3)11-7-14(18-8-11)12-9-17-10-13(12)16(4,5)6/h7-10H,1-6H3. The molecule has 2 heteroatoms. The highest BCUT2D eigenvalue weighted by Gasteiger charge is 2.22. The van der Waals surface area contributed by atoms with E-state index in [0.717, 1.165) is 0 Å². The molecule has 0 N–H and O–H groups in total. The van der Waals surface area contributed by atoms with Crippen molar-refractivity contribution in [2.24, 2.45) is 0 Å². The topological polar surface area (TPSA) is 0 Å². The Bertz CT molecular complexity index is 530. The van der Waals surface area contributed by atoms with Crippen LogP contribution in [0.4, 0.5) is 0 Å². The predicted octanol–water partition coefficient (Wildman–Crippen LogP) is 6.07. The Morgan fingerprint density at radius 3 is 2.00 bits per heavy atom. The molecule has 2 heterocycles. The van der Waals surface area contributed by atoms with E-state index in [9.17, 15) is 0 Å². The maximum atomic E-state index is 2.36. The summed E-state index contributed by atoms with van der Waals surface area (Å²) in [5, 5.41) is 6.89. The van der Waals surface area contributed by atoms with Gasteiger partial charge in [-0.2, -0.15) is 11.3 Å². The third-order valence-electron chi connectivity index (χ3n) is 3.20. The first kappa shape index (κ1) is 13.8. The summed E-state index contributed by atoms with van der Waals surface area (Å²) in [4.78, 5) is 1.41. The van der Waals surface area contributed by atoms with Gasteiger partial charge in [0.25, 0.3) is 0 Å². The SMILES string of the molecule is CC(C)(C)c1csc(-c2cscc2C(C)(C)C)c1. The van der Waals surface area contributed by atoms with Crippen molar-refractivity contribution in [3.63, 3.8) is 0 Å². The lowest BCUT2D eigenvalue weighted by Gasteiger charge is -2.19. The molecule has 0 fully saturated rings. The molecule has 2 aromatic heterocycles. The summed E-state index contributed by atoms with van der Waals surface area (Å²) in [6, 6.07) is 2.36. The fourth-order valence-electron chi connectivity index (χ4n) is 1.94. The predicted molar refractivity (Wildman–Crippen MR) is 85.0 cm³/mol. The van der Waals surface area contributed by atoms with Crippen molar-refractivity contribution in [1.82, 2.24) is 0 Å². The second-order valence-electron chi connectivity index (χ2n) is 6.90. The van der Waals surface area contributed by atoms with Crippen LogP contribution in [0.15, 0.2) is 22.2 Å².